The van der Waals surface area contributed by atoms with Gasteiger partial charge in [0.25, 0.3) is 0 Å². The second-order valence-corrected chi connectivity index (χ2v) is 9.62. The molecule has 31 heavy (non-hydrogen) atoms. The van der Waals surface area contributed by atoms with Crippen LogP contribution in [0.4, 0.5) is 0 Å². The van der Waals surface area contributed by atoms with Gasteiger partial charge in [0.2, 0.25) is 0 Å². The summed E-state index contributed by atoms with van der Waals surface area (Å²) >= 11 is 0. The highest BCUT2D eigenvalue weighted by molar-refractivity contribution is 5.93. The quantitative estimate of drug-likeness (QED) is 0.395. The van der Waals surface area contributed by atoms with Crippen molar-refractivity contribution in [1.29, 1.82) is 0 Å². The van der Waals surface area contributed by atoms with Crippen LogP contribution in [0.1, 0.15) is 52.9 Å². The standard InChI is InChI=1S/C23H32O8/c1-6-7-15(25)17-11-23(4)13(21(28)31-17)8-9-22(3)14(20(27)29-5)10-16(30-12(2)24)18(26)19(22)23/h6,13-17,19,25H,1,7-11H2,2-5H3/t13-,14-,15-,16-,17-,19-,22-,23-/m0/s1. The zero-order chi connectivity index (χ0) is 23.1. The van der Waals surface area contributed by atoms with Crippen molar-refractivity contribution in [3.8, 4) is 0 Å². The van der Waals surface area contributed by atoms with E-state index in [1.54, 1.807) is 6.08 Å². The number of methoxy groups -OCH3 is 1. The smallest absolute Gasteiger partial charge is 0.309 e. The first kappa shape index (κ1) is 23.4. The Hall–Kier alpha value is -2.22. The first-order valence-electron chi connectivity index (χ1n) is 10.8. The number of hydrogen-bond donors (Lipinski definition) is 1. The minimum absolute atomic E-state index is 0.0613. The number of ketones is 1. The lowest BCUT2D eigenvalue weighted by atomic mass is 9.43. The molecule has 0 aromatic rings. The van der Waals surface area contributed by atoms with Crippen LogP contribution in [-0.2, 0) is 33.4 Å². The van der Waals surface area contributed by atoms with Gasteiger partial charge in [-0.2, -0.15) is 0 Å². The number of rotatable bonds is 5. The highest BCUT2D eigenvalue weighted by Crippen LogP contribution is 2.64. The van der Waals surface area contributed by atoms with Crippen LogP contribution in [-0.4, -0.2) is 54.2 Å². The van der Waals surface area contributed by atoms with Crippen LogP contribution in [0.3, 0.4) is 0 Å². The summed E-state index contributed by atoms with van der Waals surface area (Å²) in [6.07, 6.45) is 0.251. The van der Waals surface area contributed by atoms with Gasteiger partial charge in [-0.15, -0.1) is 6.58 Å². The maximum absolute atomic E-state index is 13.7. The predicted octanol–water partition coefficient (Wildman–Crippen LogP) is 1.97. The summed E-state index contributed by atoms with van der Waals surface area (Å²) in [4.78, 5) is 51.0. The van der Waals surface area contributed by atoms with Gasteiger partial charge in [-0.05, 0) is 36.5 Å². The van der Waals surface area contributed by atoms with Gasteiger partial charge >= 0.3 is 17.9 Å². The lowest BCUT2D eigenvalue weighted by Gasteiger charge is -2.61. The fraction of sp³-hybridized carbons (Fsp3) is 0.739. The number of ether oxygens (including phenoxy) is 3. The van der Waals surface area contributed by atoms with E-state index >= 15 is 0 Å². The molecule has 8 nitrogen and oxygen atoms in total. The summed E-state index contributed by atoms with van der Waals surface area (Å²) in [5.41, 5.74) is -1.63. The van der Waals surface area contributed by atoms with Crippen LogP contribution in [0.2, 0.25) is 0 Å². The molecule has 2 aliphatic carbocycles. The second kappa shape index (κ2) is 8.37. The van der Waals surface area contributed by atoms with E-state index in [1.807, 2.05) is 13.8 Å². The predicted molar refractivity (Wildman–Crippen MR) is 108 cm³/mol. The Morgan fingerprint density at radius 3 is 2.58 bits per heavy atom. The van der Waals surface area contributed by atoms with Gasteiger partial charge in [0.15, 0.2) is 11.9 Å². The summed E-state index contributed by atoms with van der Waals surface area (Å²) in [5, 5.41) is 10.5. The number of fused-ring (bicyclic) bond motifs is 3. The summed E-state index contributed by atoms with van der Waals surface area (Å²) in [6.45, 7) is 8.59. The average molecular weight is 437 g/mol. The fourth-order valence-corrected chi connectivity index (χ4v) is 6.40. The molecule has 0 spiro atoms. The van der Waals surface area contributed by atoms with E-state index in [2.05, 4.69) is 6.58 Å². The highest BCUT2D eigenvalue weighted by atomic mass is 16.6. The Bertz CT molecular complexity index is 790. The number of carbonyl (C=O) groups is 4. The lowest BCUT2D eigenvalue weighted by molar-refractivity contribution is -0.215. The van der Waals surface area contributed by atoms with Crippen molar-refractivity contribution >= 4 is 23.7 Å². The van der Waals surface area contributed by atoms with Gasteiger partial charge in [0.1, 0.15) is 6.10 Å². The molecule has 0 aromatic carbocycles. The van der Waals surface area contributed by atoms with E-state index in [9.17, 15) is 24.3 Å². The zero-order valence-corrected chi connectivity index (χ0v) is 18.6. The second-order valence-electron chi connectivity index (χ2n) is 9.62. The van der Waals surface area contributed by atoms with E-state index < -0.39 is 64.8 Å². The maximum atomic E-state index is 13.7. The van der Waals surface area contributed by atoms with Crippen molar-refractivity contribution in [2.75, 3.05) is 7.11 Å². The monoisotopic (exact) mass is 436 g/mol. The van der Waals surface area contributed by atoms with Crippen LogP contribution in [0.25, 0.3) is 0 Å². The van der Waals surface area contributed by atoms with Crippen LogP contribution in [0.5, 0.6) is 0 Å². The van der Waals surface area contributed by atoms with Gasteiger partial charge in [-0.3, -0.25) is 19.2 Å². The van der Waals surface area contributed by atoms with E-state index in [0.717, 1.165) is 0 Å². The molecule has 0 bridgehead atoms. The van der Waals surface area contributed by atoms with Crippen molar-refractivity contribution < 1.29 is 38.5 Å². The minimum atomic E-state index is -1.08. The third-order valence-electron chi connectivity index (χ3n) is 7.76. The van der Waals surface area contributed by atoms with E-state index in [0.29, 0.717) is 12.8 Å². The average Bonchev–Trinajstić information content (AvgIpc) is 2.68. The Balaban J connectivity index is 2.08. The Labute approximate surface area is 182 Å². The fourth-order valence-electron chi connectivity index (χ4n) is 6.40. The summed E-state index contributed by atoms with van der Waals surface area (Å²) < 4.78 is 15.9. The minimum Gasteiger partial charge on any atom is -0.469 e. The van der Waals surface area contributed by atoms with Crippen molar-refractivity contribution in [2.45, 2.75) is 71.2 Å². The topological polar surface area (TPSA) is 116 Å². The Morgan fingerprint density at radius 2 is 2.00 bits per heavy atom. The number of carbonyl (C=O) groups excluding carboxylic acids is 4. The van der Waals surface area contributed by atoms with Gasteiger partial charge in [-0.1, -0.05) is 19.9 Å². The molecule has 8 atom stereocenters. The largest absolute Gasteiger partial charge is 0.469 e. The van der Waals surface area contributed by atoms with Gasteiger partial charge in [0, 0.05) is 19.3 Å². The number of hydrogen-bond acceptors (Lipinski definition) is 8. The lowest BCUT2D eigenvalue weighted by Crippen LogP contribution is -2.66. The molecule has 1 N–H and O–H groups in total. The first-order valence-corrected chi connectivity index (χ1v) is 10.8. The van der Waals surface area contributed by atoms with Crippen LogP contribution < -0.4 is 0 Å². The van der Waals surface area contributed by atoms with Gasteiger partial charge < -0.3 is 19.3 Å². The van der Waals surface area contributed by atoms with E-state index in [1.165, 1.54) is 14.0 Å². The number of cyclic esters (lactones) is 1. The molecule has 0 amide bonds. The van der Waals surface area contributed by atoms with Gasteiger partial charge in [0.05, 0.1) is 25.0 Å². The molecule has 3 rings (SSSR count). The maximum Gasteiger partial charge on any atom is 0.309 e. The molecule has 1 saturated heterocycles. The summed E-state index contributed by atoms with van der Waals surface area (Å²) in [5.74, 6) is -3.72. The molecule has 8 heteroatoms. The van der Waals surface area contributed by atoms with E-state index in [4.69, 9.17) is 14.2 Å². The Morgan fingerprint density at radius 1 is 1.32 bits per heavy atom. The van der Waals surface area contributed by atoms with Crippen LogP contribution in [0, 0.1) is 28.6 Å². The normalized spacial score (nSPS) is 40.6. The molecule has 2 saturated carbocycles. The molecule has 0 unspecified atom stereocenters. The van der Waals surface area contributed by atoms with Crippen LogP contribution >= 0.6 is 0 Å². The van der Waals surface area contributed by atoms with E-state index in [-0.39, 0.29) is 25.0 Å². The van der Waals surface area contributed by atoms with Crippen molar-refractivity contribution in [3.63, 3.8) is 0 Å². The SMILES string of the molecule is C=CC[C@H](O)[C@@H]1C[C@]2(C)[C@H]3C(=O)[C@@H](OC(C)=O)C[C@@H](C(=O)OC)[C@]3(C)CC[C@H]2C(=O)O1. The molecule has 3 fully saturated rings. The first-order chi connectivity index (χ1) is 14.5. The third-order valence-corrected chi connectivity index (χ3v) is 7.76. The molecular weight excluding hydrogens is 404 g/mol. The molecule has 1 heterocycles. The molecule has 0 radical (unpaired) electrons. The zero-order valence-electron chi connectivity index (χ0n) is 18.6. The Kier molecular flexibility index (Phi) is 6.33. The number of aliphatic hydroxyl groups excluding tert-OH is 1. The van der Waals surface area contributed by atoms with Crippen LogP contribution in [0.15, 0.2) is 12.7 Å². The van der Waals surface area contributed by atoms with Gasteiger partial charge in [-0.25, -0.2) is 0 Å². The van der Waals surface area contributed by atoms with Crippen molar-refractivity contribution in [1.82, 2.24) is 0 Å². The third kappa shape index (κ3) is 3.79. The number of aliphatic hydroxyl groups is 1. The molecule has 172 valence electrons. The summed E-state index contributed by atoms with van der Waals surface area (Å²) in [7, 11) is 1.30. The highest BCUT2D eigenvalue weighted by Gasteiger charge is 2.68. The number of esters is 3. The van der Waals surface area contributed by atoms with Crippen molar-refractivity contribution in [3.05, 3.63) is 12.7 Å². The van der Waals surface area contributed by atoms with Crippen molar-refractivity contribution in [2.24, 2.45) is 28.6 Å². The summed E-state index contributed by atoms with van der Waals surface area (Å²) in [6, 6.07) is 0. The molecule has 1 aliphatic heterocycles. The number of Topliss-reactive ketones (excluding diaryl/α,β-unsaturated/α-hetero) is 1. The molecule has 0 aromatic heterocycles. The molecule has 3 aliphatic rings. The molecular formula is C23H32O8.